The van der Waals surface area contributed by atoms with Gasteiger partial charge in [-0.3, -0.25) is 4.79 Å². The summed E-state index contributed by atoms with van der Waals surface area (Å²) in [4.78, 5) is 10.4. The van der Waals surface area contributed by atoms with Crippen LogP contribution in [0.3, 0.4) is 0 Å². The van der Waals surface area contributed by atoms with Gasteiger partial charge in [0.15, 0.2) is 23.6 Å². The summed E-state index contributed by atoms with van der Waals surface area (Å²) in [7, 11) is 1.40. The predicted octanol–water partition coefficient (Wildman–Crippen LogP) is 2.91. The van der Waals surface area contributed by atoms with E-state index in [9.17, 15) is 9.18 Å². The standard InChI is InChI=1S/C12H9FO3/c1-15-12-4-2-8(6-10(12)13)11-5-3-9(7-14)16-11/h2-7H,1H3. The molecular formula is C12H9FO3. The van der Waals surface area contributed by atoms with Crippen LogP contribution in [0, 0.1) is 5.82 Å². The monoisotopic (exact) mass is 220 g/mol. The molecule has 2 rings (SSSR count). The largest absolute Gasteiger partial charge is 0.494 e. The summed E-state index contributed by atoms with van der Waals surface area (Å²) < 4.78 is 23.4. The van der Waals surface area contributed by atoms with Crippen LogP contribution in [-0.4, -0.2) is 13.4 Å². The summed E-state index contributed by atoms with van der Waals surface area (Å²) in [6.45, 7) is 0. The molecule has 0 saturated carbocycles. The van der Waals surface area contributed by atoms with E-state index in [0.29, 0.717) is 17.6 Å². The van der Waals surface area contributed by atoms with Gasteiger partial charge in [-0.05, 0) is 30.3 Å². The van der Waals surface area contributed by atoms with Crippen LogP contribution >= 0.6 is 0 Å². The average Bonchev–Trinajstić information content (AvgIpc) is 2.77. The highest BCUT2D eigenvalue weighted by molar-refractivity contribution is 5.72. The van der Waals surface area contributed by atoms with E-state index >= 15 is 0 Å². The highest BCUT2D eigenvalue weighted by Crippen LogP contribution is 2.26. The van der Waals surface area contributed by atoms with Crippen LogP contribution in [0.2, 0.25) is 0 Å². The zero-order valence-corrected chi connectivity index (χ0v) is 8.57. The second-order valence-electron chi connectivity index (χ2n) is 3.17. The van der Waals surface area contributed by atoms with Gasteiger partial charge < -0.3 is 9.15 Å². The molecule has 0 unspecified atom stereocenters. The lowest BCUT2D eigenvalue weighted by Gasteiger charge is -2.02. The van der Waals surface area contributed by atoms with Crippen molar-refractivity contribution in [2.45, 2.75) is 0 Å². The van der Waals surface area contributed by atoms with E-state index in [1.807, 2.05) is 0 Å². The van der Waals surface area contributed by atoms with Crippen molar-refractivity contribution >= 4 is 6.29 Å². The molecule has 2 aromatic rings. The van der Waals surface area contributed by atoms with Crippen molar-refractivity contribution in [2.75, 3.05) is 7.11 Å². The molecule has 4 heteroatoms. The minimum absolute atomic E-state index is 0.172. The molecule has 82 valence electrons. The fraction of sp³-hybridized carbons (Fsp3) is 0.0833. The first-order valence-corrected chi connectivity index (χ1v) is 4.63. The highest BCUT2D eigenvalue weighted by atomic mass is 19.1. The number of methoxy groups -OCH3 is 1. The van der Waals surface area contributed by atoms with E-state index in [1.54, 1.807) is 12.1 Å². The molecule has 3 nitrogen and oxygen atoms in total. The van der Waals surface area contributed by atoms with Crippen LogP contribution in [-0.2, 0) is 0 Å². The Labute approximate surface area is 91.5 Å². The van der Waals surface area contributed by atoms with Crippen molar-refractivity contribution in [1.29, 1.82) is 0 Å². The Morgan fingerprint density at radius 1 is 1.31 bits per heavy atom. The van der Waals surface area contributed by atoms with E-state index < -0.39 is 5.82 Å². The van der Waals surface area contributed by atoms with Gasteiger partial charge in [0, 0.05) is 5.56 Å². The van der Waals surface area contributed by atoms with Crippen LogP contribution in [0.1, 0.15) is 10.6 Å². The van der Waals surface area contributed by atoms with Crippen molar-refractivity contribution in [3.8, 4) is 17.1 Å². The summed E-state index contributed by atoms with van der Waals surface area (Å²) in [5.74, 6) is 0.366. The Bertz CT molecular complexity index is 517. The SMILES string of the molecule is COc1ccc(-c2ccc(C=O)o2)cc1F. The number of halogens is 1. The molecule has 0 aliphatic heterocycles. The summed E-state index contributed by atoms with van der Waals surface area (Å²) in [5.41, 5.74) is 0.561. The quantitative estimate of drug-likeness (QED) is 0.746. The Balaban J connectivity index is 2.40. The maximum absolute atomic E-state index is 13.4. The smallest absolute Gasteiger partial charge is 0.185 e. The first-order chi connectivity index (χ1) is 7.74. The first kappa shape index (κ1) is 10.4. The molecule has 0 fully saturated rings. The summed E-state index contributed by atoms with van der Waals surface area (Å²) in [5, 5.41) is 0. The van der Waals surface area contributed by atoms with Gasteiger partial charge in [-0.15, -0.1) is 0 Å². The minimum atomic E-state index is -0.468. The van der Waals surface area contributed by atoms with Crippen molar-refractivity contribution in [1.82, 2.24) is 0 Å². The molecule has 0 aliphatic carbocycles. The molecule has 0 radical (unpaired) electrons. The van der Waals surface area contributed by atoms with Gasteiger partial charge in [-0.2, -0.15) is 0 Å². The number of furan rings is 1. The Morgan fingerprint density at radius 3 is 2.69 bits per heavy atom. The van der Waals surface area contributed by atoms with Gasteiger partial charge in [0.1, 0.15) is 5.76 Å². The second-order valence-corrected chi connectivity index (χ2v) is 3.17. The van der Waals surface area contributed by atoms with Gasteiger partial charge in [0.2, 0.25) is 0 Å². The Hall–Kier alpha value is -2.10. The number of rotatable bonds is 3. The van der Waals surface area contributed by atoms with Crippen LogP contribution in [0.5, 0.6) is 5.75 Å². The summed E-state index contributed by atoms with van der Waals surface area (Å²) in [6, 6.07) is 7.62. The van der Waals surface area contributed by atoms with Gasteiger partial charge in [-0.25, -0.2) is 4.39 Å². The zero-order chi connectivity index (χ0) is 11.5. The molecule has 1 aromatic heterocycles. The molecule has 0 bridgehead atoms. The predicted molar refractivity (Wildman–Crippen MR) is 56.0 cm³/mol. The number of aldehydes is 1. The number of hydrogen-bond donors (Lipinski definition) is 0. The number of benzene rings is 1. The third-order valence-corrected chi connectivity index (χ3v) is 2.18. The normalized spacial score (nSPS) is 10.1. The van der Waals surface area contributed by atoms with Crippen molar-refractivity contribution < 1.29 is 18.3 Å². The van der Waals surface area contributed by atoms with Gasteiger partial charge in [0.25, 0.3) is 0 Å². The maximum atomic E-state index is 13.4. The average molecular weight is 220 g/mol. The fourth-order valence-electron chi connectivity index (χ4n) is 1.39. The van der Waals surface area contributed by atoms with E-state index in [2.05, 4.69) is 0 Å². The van der Waals surface area contributed by atoms with E-state index in [0.717, 1.165) is 0 Å². The number of hydrogen-bond acceptors (Lipinski definition) is 3. The van der Waals surface area contributed by atoms with Crippen LogP contribution < -0.4 is 4.74 Å². The molecule has 0 N–H and O–H groups in total. The molecule has 0 aliphatic rings. The number of carbonyl (C=O) groups is 1. The van der Waals surface area contributed by atoms with E-state index in [-0.39, 0.29) is 11.5 Å². The van der Waals surface area contributed by atoms with Crippen molar-refractivity contribution in [2.24, 2.45) is 0 Å². The van der Waals surface area contributed by atoms with Gasteiger partial charge in [-0.1, -0.05) is 0 Å². The first-order valence-electron chi connectivity index (χ1n) is 4.63. The van der Waals surface area contributed by atoms with Crippen LogP contribution in [0.25, 0.3) is 11.3 Å². The zero-order valence-electron chi connectivity index (χ0n) is 8.57. The maximum Gasteiger partial charge on any atom is 0.185 e. The summed E-state index contributed by atoms with van der Waals surface area (Å²) >= 11 is 0. The van der Waals surface area contributed by atoms with E-state index in [1.165, 1.54) is 25.3 Å². The van der Waals surface area contributed by atoms with E-state index in [4.69, 9.17) is 9.15 Å². The Morgan fingerprint density at radius 2 is 2.12 bits per heavy atom. The molecule has 0 saturated heterocycles. The molecule has 1 heterocycles. The molecule has 16 heavy (non-hydrogen) atoms. The second kappa shape index (κ2) is 4.18. The molecule has 0 spiro atoms. The van der Waals surface area contributed by atoms with Crippen LogP contribution in [0.4, 0.5) is 4.39 Å². The molecule has 0 amide bonds. The summed E-state index contributed by atoms with van der Waals surface area (Å²) in [6.07, 6.45) is 0.601. The molecular weight excluding hydrogens is 211 g/mol. The molecule has 0 atom stereocenters. The highest BCUT2D eigenvalue weighted by Gasteiger charge is 2.08. The van der Waals surface area contributed by atoms with Gasteiger partial charge in [0.05, 0.1) is 7.11 Å². The number of carbonyl (C=O) groups excluding carboxylic acids is 1. The Kier molecular flexibility index (Phi) is 2.72. The topological polar surface area (TPSA) is 39.4 Å². The fourth-order valence-corrected chi connectivity index (χ4v) is 1.39. The lowest BCUT2D eigenvalue weighted by molar-refractivity contribution is 0.110. The van der Waals surface area contributed by atoms with Crippen molar-refractivity contribution in [3.63, 3.8) is 0 Å². The van der Waals surface area contributed by atoms with Gasteiger partial charge >= 0.3 is 0 Å². The van der Waals surface area contributed by atoms with Crippen LogP contribution in [0.15, 0.2) is 34.7 Å². The molecule has 1 aromatic carbocycles. The third kappa shape index (κ3) is 1.82. The minimum Gasteiger partial charge on any atom is -0.494 e. The lowest BCUT2D eigenvalue weighted by Crippen LogP contribution is -1.87. The lowest BCUT2D eigenvalue weighted by atomic mass is 10.1. The van der Waals surface area contributed by atoms with Crippen molar-refractivity contribution in [3.05, 3.63) is 41.9 Å². The number of ether oxygens (including phenoxy) is 1. The third-order valence-electron chi connectivity index (χ3n) is 2.18.